The maximum absolute atomic E-state index is 11.1. The summed E-state index contributed by atoms with van der Waals surface area (Å²) in [6.45, 7) is 1.92. The van der Waals surface area contributed by atoms with E-state index in [2.05, 4.69) is 24.3 Å². The molecule has 2 atom stereocenters. The van der Waals surface area contributed by atoms with E-state index in [1.807, 2.05) is 37.3 Å². The molecule has 0 saturated heterocycles. The zero-order valence-electron chi connectivity index (χ0n) is 11.6. The minimum atomic E-state index is -0.644. The lowest BCUT2D eigenvalue weighted by atomic mass is 9.92. The third-order valence-corrected chi connectivity index (χ3v) is 3.62. The second kappa shape index (κ2) is 6.35. The molecular weight excluding hydrogens is 248 g/mol. The van der Waals surface area contributed by atoms with Crippen molar-refractivity contribution in [3.05, 3.63) is 71.3 Å². The van der Waals surface area contributed by atoms with Crippen LogP contribution in [0.2, 0.25) is 0 Å². The van der Waals surface area contributed by atoms with Crippen LogP contribution in [-0.2, 0) is 11.2 Å². The van der Waals surface area contributed by atoms with Crippen LogP contribution in [-0.4, -0.2) is 11.9 Å². The van der Waals surface area contributed by atoms with Crippen molar-refractivity contribution in [3.8, 4) is 0 Å². The Morgan fingerprint density at radius 3 is 2.10 bits per heavy atom. The summed E-state index contributed by atoms with van der Waals surface area (Å²) in [5.41, 5.74) is 14.6. The lowest BCUT2D eigenvalue weighted by Gasteiger charge is -2.17. The van der Waals surface area contributed by atoms with E-state index in [0.29, 0.717) is 0 Å². The summed E-state index contributed by atoms with van der Waals surface area (Å²) in [6.07, 6.45) is 0.900. The van der Waals surface area contributed by atoms with E-state index in [1.165, 1.54) is 11.1 Å². The van der Waals surface area contributed by atoms with E-state index in [-0.39, 0.29) is 5.92 Å². The van der Waals surface area contributed by atoms with E-state index in [4.69, 9.17) is 11.5 Å². The number of hydrogen-bond donors (Lipinski definition) is 2. The van der Waals surface area contributed by atoms with Gasteiger partial charge in [-0.25, -0.2) is 0 Å². The molecular formula is C17H20N2O. The highest BCUT2D eigenvalue weighted by Gasteiger charge is 2.19. The fourth-order valence-electron chi connectivity index (χ4n) is 2.22. The van der Waals surface area contributed by atoms with Gasteiger partial charge in [-0.05, 0) is 23.1 Å². The van der Waals surface area contributed by atoms with Gasteiger partial charge in [0.1, 0.15) is 0 Å². The molecule has 2 rings (SSSR count). The van der Waals surface area contributed by atoms with Crippen molar-refractivity contribution < 1.29 is 4.79 Å². The maximum Gasteiger partial charge on any atom is 0.234 e. The van der Waals surface area contributed by atoms with E-state index >= 15 is 0 Å². The second-order valence-electron chi connectivity index (χ2n) is 5.12. The van der Waals surface area contributed by atoms with Gasteiger partial charge in [0.2, 0.25) is 5.91 Å². The van der Waals surface area contributed by atoms with Crippen LogP contribution in [0, 0.1) is 0 Å². The molecule has 0 aliphatic heterocycles. The van der Waals surface area contributed by atoms with Crippen LogP contribution >= 0.6 is 0 Å². The smallest absolute Gasteiger partial charge is 0.234 e. The van der Waals surface area contributed by atoms with Gasteiger partial charge in [-0.3, -0.25) is 4.79 Å². The molecule has 0 spiro atoms. The molecule has 3 heteroatoms. The normalized spacial score (nSPS) is 13.7. The van der Waals surface area contributed by atoms with Crippen LogP contribution in [0.4, 0.5) is 0 Å². The Labute approximate surface area is 119 Å². The number of carbonyl (C=O) groups excluding carboxylic acids is 1. The van der Waals surface area contributed by atoms with E-state index in [0.717, 1.165) is 12.0 Å². The third-order valence-electron chi connectivity index (χ3n) is 3.62. The van der Waals surface area contributed by atoms with Crippen LogP contribution in [0.15, 0.2) is 54.6 Å². The van der Waals surface area contributed by atoms with E-state index < -0.39 is 11.9 Å². The van der Waals surface area contributed by atoms with Crippen molar-refractivity contribution in [2.75, 3.05) is 0 Å². The number of amides is 1. The Bertz CT molecular complexity index is 563. The van der Waals surface area contributed by atoms with Crippen molar-refractivity contribution in [2.45, 2.75) is 25.3 Å². The first-order valence-corrected chi connectivity index (χ1v) is 6.75. The summed E-state index contributed by atoms with van der Waals surface area (Å²) in [7, 11) is 0. The maximum atomic E-state index is 11.1. The summed E-state index contributed by atoms with van der Waals surface area (Å²) >= 11 is 0. The Morgan fingerprint density at radius 1 is 1.00 bits per heavy atom. The van der Waals surface area contributed by atoms with Gasteiger partial charge in [0.15, 0.2) is 0 Å². The van der Waals surface area contributed by atoms with Crippen molar-refractivity contribution >= 4 is 5.91 Å². The highest BCUT2D eigenvalue weighted by molar-refractivity contribution is 5.80. The summed E-state index contributed by atoms with van der Waals surface area (Å²) in [5, 5.41) is 0. The van der Waals surface area contributed by atoms with Crippen molar-refractivity contribution in [3.63, 3.8) is 0 Å². The minimum Gasteiger partial charge on any atom is -0.368 e. The zero-order valence-corrected chi connectivity index (χ0v) is 11.6. The van der Waals surface area contributed by atoms with Crippen molar-refractivity contribution in [1.82, 2.24) is 0 Å². The number of benzene rings is 2. The fourth-order valence-corrected chi connectivity index (χ4v) is 2.22. The first-order chi connectivity index (χ1) is 9.58. The van der Waals surface area contributed by atoms with Gasteiger partial charge in [0, 0.05) is 5.92 Å². The largest absolute Gasteiger partial charge is 0.368 e. The molecule has 0 heterocycles. The van der Waals surface area contributed by atoms with Gasteiger partial charge in [-0.2, -0.15) is 0 Å². The lowest BCUT2D eigenvalue weighted by Crippen LogP contribution is -2.40. The van der Waals surface area contributed by atoms with E-state index in [1.54, 1.807) is 0 Å². The molecule has 3 nitrogen and oxygen atoms in total. The first-order valence-electron chi connectivity index (χ1n) is 6.75. The van der Waals surface area contributed by atoms with Crippen LogP contribution in [0.3, 0.4) is 0 Å². The summed E-state index contributed by atoms with van der Waals surface area (Å²) in [4.78, 5) is 11.1. The summed E-state index contributed by atoms with van der Waals surface area (Å²) in [6, 6.07) is 17.9. The lowest BCUT2D eigenvalue weighted by molar-refractivity contribution is -0.119. The number of rotatable bonds is 5. The molecule has 1 amide bonds. The summed E-state index contributed by atoms with van der Waals surface area (Å²) in [5.74, 6) is -0.538. The standard InChI is InChI=1S/C17H20N2O/c1-12(16(18)17(19)20)15-9-7-14(8-10-15)11-13-5-3-2-4-6-13/h2-10,12,16H,11,18H2,1H3,(H2,19,20). The molecule has 0 radical (unpaired) electrons. The number of hydrogen-bond acceptors (Lipinski definition) is 2. The molecule has 2 unspecified atom stereocenters. The van der Waals surface area contributed by atoms with Gasteiger partial charge in [0.05, 0.1) is 6.04 Å². The molecule has 2 aromatic carbocycles. The number of primary amides is 1. The highest BCUT2D eigenvalue weighted by Crippen LogP contribution is 2.19. The fraction of sp³-hybridized carbons (Fsp3) is 0.235. The van der Waals surface area contributed by atoms with Crippen LogP contribution in [0.5, 0.6) is 0 Å². The van der Waals surface area contributed by atoms with Crippen molar-refractivity contribution in [1.29, 1.82) is 0 Å². The van der Waals surface area contributed by atoms with Crippen molar-refractivity contribution in [2.24, 2.45) is 11.5 Å². The van der Waals surface area contributed by atoms with Gasteiger partial charge < -0.3 is 11.5 Å². The Morgan fingerprint density at radius 2 is 1.55 bits per heavy atom. The first kappa shape index (κ1) is 14.3. The average Bonchev–Trinajstić information content (AvgIpc) is 2.47. The molecule has 104 valence electrons. The van der Waals surface area contributed by atoms with Crippen LogP contribution < -0.4 is 11.5 Å². The molecule has 20 heavy (non-hydrogen) atoms. The quantitative estimate of drug-likeness (QED) is 0.872. The summed E-state index contributed by atoms with van der Waals surface area (Å²) < 4.78 is 0. The highest BCUT2D eigenvalue weighted by atomic mass is 16.1. The van der Waals surface area contributed by atoms with Gasteiger partial charge in [-0.15, -0.1) is 0 Å². The molecule has 0 aliphatic carbocycles. The molecule has 0 aromatic heterocycles. The number of nitrogens with two attached hydrogens (primary N) is 2. The monoisotopic (exact) mass is 268 g/mol. The molecule has 0 bridgehead atoms. The van der Waals surface area contributed by atoms with Crippen LogP contribution in [0.25, 0.3) is 0 Å². The van der Waals surface area contributed by atoms with E-state index in [9.17, 15) is 4.79 Å². The predicted octanol–water partition coefficient (Wildman–Crippen LogP) is 2.19. The third kappa shape index (κ3) is 3.45. The number of carbonyl (C=O) groups is 1. The molecule has 0 aliphatic rings. The Kier molecular flexibility index (Phi) is 4.53. The van der Waals surface area contributed by atoms with Gasteiger partial charge >= 0.3 is 0 Å². The predicted molar refractivity (Wildman–Crippen MR) is 81.3 cm³/mol. The topological polar surface area (TPSA) is 69.1 Å². The molecule has 2 aromatic rings. The Balaban J connectivity index is 2.08. The second-order valence-corrected chi connectivity index (χ2v) is 5.12. The SMILES string of the molecule is CC(c1ccc(Cc2ccccc2)cc1)C(N)C(N)=O. The molecule has 4 N–H and O–H groups in total. The van der Waals surface area contributed by atoms with Crippen LogP contribution in [0.1, 0.15) is 29.5 Å². The average molecular weight is 268 g/mol. The zero-order chi connectivity index (χ0) is 14.5. The minimum absolute atomic E-state index is 0.0710. The molecule has 0 saturated carbocycles. The van der Waals surface area contributed by atoms with Gasteiger partial charge in [0.25, 0.3) is 0 Å². The Hall–Kier alpha value is -2.13. The van der Waals surface area contributed by atoms with Gasteiger partial charge in [-0.1, -0.05) is 61.5 Å². The molecule has 0 fully saturated rings.